The van der Waals surface area contributed by atoms with Crippen molar-refractivity contribution in [2.75, 3.05) is 39.4 Å². The highest BCUT2D eigenvalue weighted by Gasteiger charge is 2.26. The normalized spacial score (nSPS) is 18.3. The third kappa shape index (κ3) is 6.33. The monoisotopic (exact) mass is 382 g/mol. The third-order valence-electron chi connectivity index (χ3n) is 5.52. The Kier molecular flexibility index (Phi) is 8.34. The molecule has 1 fully saturated rings. The van der Waals surface area contributed by atoms with Gasteiger partial charge in [-0.2, -0.15) is 0 Å². The van der Waals surface area contributed by atoms with E-state index in [1.54, 1.807) is 0 Å². The molecule has 0 aliphatic carbocycles. The molecule has 1 saturated heterocycles. The Balaban J connectivity index is 1.51. The second-order valence-corrected chi connectivity index (χ2v) is 7.61. The summed E-state index contributed by atoms with van der Waals surface area (Å²) < 4.78 is 5.63. The third-order valence-corrected chi connectivity index (χ3v) is 5.52. The average Bonchev–Trinajstić information content (AvgIpc) is 2.71. The standard InChI is InChI=1S/C24H34N2O2/c1-2-28-24-12-6-10-22(18-24)19-25-15-16-26(23(20-25)13-17-27)14-7-11-21-8-4-3-5-9-21/h3-6,8-10,12,18,23,27H,2,7,11,13-17,19-20H2,1H3. The van der Waals surface area contributed by atoms with Crippen LogP contribution in [0.2, 0.25) is 0 Å². The number of piperazine rings is 1. The van der Waals surface area contributed by atoms with Crippen LogP contribution in [0.3, 0.4) is 0 Å². The van der Waals surface area contributed by atoms with Gasteiger partial charge in [-0.3, -0.25) is 9.80 Å². The number of hydrogen-bond acceptors (Lipinski definition) is 4. The number of aliphatic hydroxyl groups is 1. The first-order valence-corrected chi connectivity index (χ1v) is 10.6. The topological polar surface area (TPSA) is 35.9 Å². The highest BCUT2D eigenvalue weighted by atomic mass is 16.5. The molecule has 4 nitrogen and oxygen atoms in total. The van der Waals surface area contributed by atoms with Crippen LogP contribution in [0.25, 0.3) is 0 Å². The van der Waals surface area contributed by atoms with Crippen molar-refractivity contribution in [1.82, 2.24) is 9.80 Å². The van der Waals surface area contributed by atoms with Crippen molar-refractivity contribution in [2.24, 2.45) is 0 Å². The van der Waals surface area contributed by atoms with Gasteiger partial charge in [0.1, 0.15) is 5.75 Å². The van der Waals surface area contributed by atoms with E-state index in [9.17, 15) is 5.11 Å². The number of aliphatic hydroxyl groups excluding tert-OH is 1. The molecule has 1 aliphatic rings. The first kappa shape index (κ1) is 20.8. The lowest BCUT2D eigenvalue weighted by atomic mass is 10.1. The molecule has 1 aliphatic heterocycles. The summed E-state index contributed by atoms with van der Waals surface area (Å²) in [6.45, 7) is 8.19. The summed E-state index contributed by atoms with van der Waals surface area (Å²) in [5.74, 6) is 0.950. The molecule has 3 rings (SSSR count). The van der Waals surface area contributed by atoms with Gasteiger partial charge in [-0.1, -0.05) is 42.5 Å². The number of hydrogen-bond donors (Lipinski definition) is 1. The van der Waals surface area contributed by atoms with E-state index in [1.807, 2.05) is 13.0 Å². The van der Waals surface area contributed by atoms with Crippen molar-refractivity contribution in [2.45, 2.75) is 38.8 Å². The Morgan fingerprint density at radius 3 is 2.64 bits per heavy atom. The van der Waals surface area contributed by atoms with E-state index < -0.39 is 0 Å². The van der Waals surface area contributed by atoms with Crippen LogP contribution < -0.4 is 4.74 Å². The van der Waals surface area contributed by atoms with E-state index in [0.29, 0.717) is 12.6 Å². The molecular formula is C24H34N2O2. The Labute approximate surface area is 169 Å². The summed E-state index contributed by atoms with van der Waals surface area (Å²) in [7, 11) is 0. The van der Waals surface area contributed by atoms with Crippen LogP contribution in [0.5, 0.6) is 5.75 Å². The minimum atomic E-state index is 0.257. The summed E-state index contributed by atoms with van der Waals surface area (Å²) in [6, 6.07) is 19.6. The van der Waals surface area contributed by atoms with Crippen LogP contribution >= 0.6 is 0 Å². The van der Waals surface area contributed by atoms with Gasteiger partial charge in [-0.15, -0.1) is 0 Å². The highest BCUT2D eigenvalue weighted by molar-refractivity contribution is 5.28. The molecule has 0 radical (unpaired) electrons. The molecule has 2 aromatic carbocycles. The van der Waals surface area contributed by atoms with Gasteiger partial charge < -0.3 is 9.84 Å². The average molecular weight is 383 g/mol. The first-order chi connectivity index (χ1) is 13.8. The van der Waals surface area contributed by atoms with Gasteiger partial charge in [-0.05, 0) is 56.0 Å². The van der Waals surface area contributed by atoms with Gasteiger partial charge in [0.15, 0.2) is 0 Å². The predicted octanol–water partition coefficient (Wildman–Crippen LogP) is 3.59. The molecule has 0 aromatic heterocycles. The number of nitrogens with zero attached hydrogens (tertiary/aromatic N) is 2. The summed E-state index contributed by atoms with van der Waals surface area (Å²) >= 11 is 0. The molecule has 4 heteroatoms. The largest absolute Gasteiger partial charge is 0.494 e. The number of rotatable bonds is 10. The Bertz CT molecular complexity index is 692. The minimum Gasteiger partial charge on any atom is -0.494 e. The van der Waals surface area contributed by atoms with Gasteiger partial charge in [0.05, 0.1) is 6.61 Å². The lowest BCUT2D eigenvalue weighted by Crippen LogP contribution is -2.53. The van der Waals surface area contributed by atoms with Gasteiger partial charge in [0, 0.05) is 38.8 Å². The van der Waals surface area contributed by atoms with Crippen molar-refractivity contribution >= 4 is 0 Å². The Morgan fingerprint density at radius 2 is 1.86 bits per heavy atom. The van der Waals surface area contributed by atoms with E-state index >= 15 is 0 Å². The minimum absolute atomic E-state index is 0.257. The van der Waals surface area contributed by atoms with E-state index in [0.717, 1.165) is 51.3 Å². The molecule has 0 bridgehead atoms. The second kappa shape index (κ2) is 11.2. The summed E-state index contributed by atoms with van der Waals surface area (Å²) in [5.41, 5.74) is 2.71. The van der Waals surface area contributed by atoms with E-state index in [-0.39, 0.29) is 6.61 Å². The van der Waals surface area contributed by atoms with Crippen LogP contribution in [0.1, 0.15) is 30.9 Å². The maximum absolute atomic E-state index is 9.55. The lowest BCUT2D eigenvalue weighted by molar-refractivity contribution is 0.0546. The fraction of sp³-hybridized carbons (Fsp3) is 0.500. The molecule has 0 saturated carbocycles. The van der Waals surface area contributed by atoms with Gasteiger partial charge in [0.2, 0.25) is 0 Å². The molecule has 1 atom stereocenters. The van der Waals surface area contributed by atoms with Gasteiger partial charge in [0.25, 0.3) is 0 Å². The van der Waals surface area contributed by atoms with Gasteiger partial charge in [-0.25, -0.2) is 0 Å². The zero-order valence-electron chi connectivity index (χ0n) is 17.1. The Morgan fingerprint density at radius 1 is 1.04 bits per heavy atom. The van der Waals surface area contributed by atoms with Crippen LogP contribution in [0.15, 0.2) is 54.6 Å². The smallest absolute Gasteiger partial charge is 0.119 e. The Hall–Kier alpha value is -1.88. The zero-order valence-corrected chi connectivity index (χ0v) is 17.1. The number of aryl methyl sites for hydroxylation is 1. The number of benzene rings is 2. The molecule has 0 spiro atoms. The molecule has 0 amide bonds. The lowest BCUT2D eigenvalue weighted by Gasteiger charge is -2.41. The second-order valence-electron chi connectivity index (χ2n) is 7.61. The molecular weight excluding hydrogens is 348 g/mol. The van der Waals surface area contributed by atoms with E-state index in [4.69, 9.17) is 4.74 Å². The maximum Gasteiger partial charge on any atom is 0.119 e. The summed E-state index contributed by atoms with van der Waals surface area (Å²) in [4.78, 5) is 5.09. The zero-order chi connectivity index (χ0) is 19.6. The summed E-state index contributed by atoms with van der Waals surface area (Å²) in [6.07, 6.45) is 3.14. The maximum atomic E-state index is 9.55. The SMILES string of the molecule is CCOc1cccc(CN2CCN(CCCc3ccccc3)C(CCO)C2)c1. The molecule has 152 valence electrons. The molecule has 2 aromatic rings. The molecule has 1 heterocycles. The fourth-order valence-electron chi connectivity index (χ4n) is 4.11. The van der Waals surface area contributed by atoms with E-state index in [2.05, 4.69) is 58.3 Å². The first-order valence-electron chi connectivity index (χ1n) is 10.6. The van der Waals surface area contributed by atoms with Crippen LogP contribution in [0, 0.1) is 0 Å². The van der Waals surface area contributed by atoms with Crippen molar-refractivity contribution in [1.29, 1.82) is 0 Å². The van der Waals surface area contributed by atoms with Crippen LogP contribution in [0.4, 0.5) is 0 Å². The van der Waals surface area contributed by atoms with Crippen LogP contribution in [-0.4, -0.2) is 60.3 Å². The highest BCUT2D eigenvalue weighted by Crippen LogP contribution is 2.19. The van der Waals surface area contributed by atoms with Crippen LogP contribution in [-0.2, 0) is 13.0 Å². The van der Waals surface area contributed by atoms with E-state index in [1.165, 1.54) is 17.5 Å². The number of ether oxygens (including phenoxy) is 1. The molecule has 1 unspecified atom stereocenters. The van der Waals surface area contributed by atoms with Crippen molar-refractivity contribution in [3.63, 3.8) is 0 Å². The quantitative estimate of drug-likeness (QED) is 0.681. The van der Waals surface area contributed by atoms with Crippen molar-refractivity contribution < 1.29 is 9.84 Å². The fourth-order valence-corrected chi connectivity index (χ4v) is 4.11. The molecule has 1 N–H and O–H groups in total. The van der Waals surface area contributed by atoms with Crippen molar-refractivity contribution in [3.8, 4) is 5.75 Å². The van der Waals surface area contributed by atoms with Gasteiger partial charge >= 0.3 is 0 Å². The molecule has 28 heavy (non-hydrogen) atoms. The summed E-state index contributed by atoms with van der Waals surface area (Å²) in [5, 5.41) is 9.55. The predicted molar refractivity (Wildman–Crippen MR) is 115 cm³/mol. The van der Waals surface area contributed by atoms with Crippen molar-refractivity contribution in [3.05, 3.63) is 65.7 Å².